The number of piperidine rings is 1. The number of rotatable bonds is 2. The normalized spacial score (nSPS) is 21.3. The van der Waals surface area contributed by atoms with Gasteiger partial charge in [0.25, 0.3) is 5.91 Å². The maximum Gasteiger partial charge on any atom is 0.254 e. The molecule has 1 aromatic rings. The summed E-state index contributed by atoms with van der Waals surface area (Å²) in [6.07, 6.45) is 2.55. The molecule has 0 aromatic heterocycles. The molecular formula is C16H23NO2. The van der Waals surface area contributed by atoms with Crippen molar-refractivity contribution in [2.24, 2.45) is 0 Å². The van der Waals surface area contributed by atoms with Crippen molar-refractivity contribution < 1.29 is 9.90 Å². The second-order valence-electron chi connectivity index (χ2n) is 5.62. The smallest absolute Gasteiger partial charge is 0.254 e. The molecule has 0 unspecified atom stereocenters. The Hall–Kier alpha value is -1.35. The third kappa shape index (κ3) is 2.98. The van der Waals surface area contributed by atoms with Crippen molar-refractivity contribution in [3.63, 3.8) is 0 Å². The van der Waals surface area contributed by atoms with E-state index in [0.29, 0.717) is 0 Å². The van der Waals surface area contributed by atoms with Gasteiger partial charge in [-0.3, -0.25) is 4.79 Å². The molecule has 1 fully saturated rings. The molecule has 0 radical (unpaired) electrons. The Labute approximate surface area is 115 Å². The van der Waals surface area contributed by atoms with Crippen LogP contribution in [0.3, 0.4) is 0 Å². The molecule has 1 amide bonds. The van der Waals surface area contributed by atoms with Gasteiger partial charge in [0.15, 0.2) is 0 Å². The van der Waals surface area contributed by atoms with Gasteiger partial charge in [0, 0.05) is 12.1 Å². The van der Waals surface area contributed by atoms with E-state index in [9.17, 15) is 9.90 Å². The predicted molar refractivity (Wildman–Crippen MR) is 76.3 cm³/mol. The van der Waals surface area contributed by atoms with E-state index in [2.05, 4.69) is 0 Å². The molecule has 2 atom stereocenters. The predicted octanol–water partition coefficient (Wildman–Crippen LogP) is 2.68. The first-order chi connectivity index (χ1) is 9.00. The van der Waals surface area contributed by atoms with Gasteiger partial charge >= 0.3 is 0 Å². The Morgan fingerprint density at radius 2 is 2.11 bits per heavy atom. The van der Waals surface area contributed by atoms with E-state index in [-0.39, 0.29) is 11.9 Å². The fourth-order valence-electron chi connectivity index (χ4n) is 2.83. The Morgan fingerprint density at radius 3 is 2.79 bits per heavy atom. The number of carbonyl (C=O) groups is 1. The molecule has 3 nitrogen and oxygen atoms in total. The first-order valence-corrected chi connectivity index (χ1v) is 7.07. The molecule has 1 aliphatic rings. The number of likely N-dealkylation sites (tertiary alicyclic amines) is 1. The Bertz CT molecular complexity index is 468. The highest BCUT2D eigenvalue weighted by Gasteiger charge is 2.30. The fourth-order valence-corrected chi connectivity index (χ4v) is 2.83. The third-order valence-electron chi connectivity index (χ3n) is 3.99. The Kier molecular flexibility index (Phi) is 4.25. The van der Waals surface area contributed by atoms with Gasteiger partial charge in [0.1, 0.15) is 0 Å². The van der Waals surface area contributed by atoms with Crippen molar-refractivity contribution in [3.05, 3.63) is 34.9 Å². The molecule has 19 heavy (non-hydrogen) atoms. The summed E-state index contributed by atoms with van der Waals surface area (Å²) in [5.41, 5.74) is 2.87. The van der Waals surface area contributed by atoms with E-state index >= 15 is 0 Å². The van der Waals surface area contributed by atoms with Crippen molar-refractivity contribution in [1.82, 2.24) is 4.90 Å². The number of aryl methyl sites for hydroxylation is 2. The second-order valence-corrected chi connectivity index (χ2v) is 5.62. The largest absolute Gasteiger partial charge is 0.391 e. The number of carbonyl (C=O) groups excluding carboxylic acids is 1. The van der Waals surface area contributed by atoms with Gasteiger partial charge < -0.3 is 10.0 Å². The van der Waals surface area contributed by atoms with Gasteiger partial charge in [0.2, 0.25) is 0 Å². The Balaban J connectivity index is 2.28. The van der Waals surface area contributed by atoms with Crippen LogP contribution in [0.25, 0.3) is 0 Å². The molecule has 0 bridgehead atoms. The fraction of sp³-hybridized carbons (Fsp3) is 0.562. The van der Waals surface area contributed by atoms with Gasteiger partial charge in [-0.05, 0) is 51.7 Å². The lowest BCUT2D eigenvalue weighted by atomic mass is 9.96. The highest BCUT2D eigenvalue weighted by atomic mass is 16.3. The summed E-state index contributed by atoms with van der Waals surface area (Å²) in [4.78, 5) is 14.6. The van der Waals surface area contributed by atoms with Gasteiger partial charge in [0.05, 0.1) is 12.1 Å². The SMILES string of the molecule is Cc1ccc(C)c(C(=O)N2CCCC[C@H]2[C@H](C)O)c1. The van der Waals surface area contributed by atoms with E-state index in [1.807, 2.05) is 36.9 Å². The zero-order valence-corrected chi connectivity index (χ0v) is 12.0. The summed E-state index contributed by atoms with van der Waals surface area (Å²) in [7, 11) is 0. The van der Waals surface area contributed by atoms with Crippen LogP contribution < -0.4 is 0 Å². The molecule has 1 heterocycles. The highest BCUT2D eigenvalue weighted by molar-refractivity contribution is 5.96. The monoisotopic (exact) mass is 261 g/mol. The molecule has 0 spiro atoms. The van der Waals surface area contributed by atoms with Crippen LogP contribution in [0.15, 0.2) is 18.2 Å². The van der Waals surface area contributed by atoms with Crippen LogP contribution in [0.5, 0.6) is 0 Å². The molecule has 1 saturated heterocycles. The van der Waals surface area contributed by atoms with Gasteiger partial charge in [-0.15, -0.1) is 0 Å². The van der Waals surface area contributed by atoms with Gasteiger partial charge in [-0.2, -0.15) is 0 Å². The number of aliphatic hydroxyl groups excluding tert-OH is 1. The van der Waals surface area contributed by atoms with Crippen LogP contribution in [0, 0.1) is 13.8 Å². The van der Waals surface area contributed by atoms with E-state index in [4.69, 9.17) is 0 Å². The maximum atomic E-state index is 12.7. The van der Waals surface area contributed by atoms with Crippen LogP contribution in [-0.4, -0.2) is 34.6 Å². The summed E-state index contributed by atoms with van der Waals surface area (Å²) in [6.45, 7) is 6.49. The lowest BCUT2D eigenvalue weighted by Crippen LogP contribution is -2.49. The lowest BCUT2D eigenvalue weighted by Gasteiger charge is -2.37. The molecular weight excluding hydrogens is 238 g/mol. The molecule has 3 heteroatoms. The summed E-state index contributed by atoms with van der Waals surface area (Å²) in [5.74, 6) is 0.0619. The van der Waals surface area contributed by atoms with Crippen molar-refractivity contribution in [1.29, 1.82) is 0 Å². The molecule has 1 N–H and O–H groups in total. The van der Waals surface area contributed by atoms with Crippen molar-refractivity contribution >= 4 is 5.91 Å². The van der Waals surface area contributed by atoms with E-state index in [1.54, 1.807) is 6.92 Å². The molecule has 0 saturated carbocycles. The lowest BCUT2D eigenvalue weighted by molar-refractivity contribution is 0.0280. The summed E-state index contributed by atoms with van der Waals surface area (Å²) >= 11 is 0. The number of hydrogen-bond donors (Lipinski definition) is 1. The van der Waals surface area contributed by atoms with Gasteiger partial charge in [-0.1, -0.05) is 17.7 Å². The van der Waals surface area contributed by atoms with E-state index in [0.717, 1.165) is 42.5 Å². The molecule has 0 aliphatic carbocycles. The number of amides is 1. The van der Waals surface area contributed by atoms with Crippen LogP contribution in [-0.2, 0) is 0 Å². The van der Waals surface area contributed by atoms with Crippen LogP contribution >= 0.6 is 0 Å². The number of aliphatic hydroxyl groups is 1. The minimum atomic E-state index is -0.464. The summed E-state index contributed by atoms with van der Waals surface area (Å²) in [5, 5.41) is 9.87. The number of hydrogen-bond acceptors (Lipinski definition) is 2. The quantitative estimate of drug-likeness (QED) is 0.889. The zero-order valence-electron chi connectivity index (χ0n) is 12.0. The van der Waals surface area contributed by atoms with Crippen LogP contribution in [0.1, 0.15) is 47.7 Å². The minimum Gasteiger partial charge on any atom is -0.391 e. The standard InChI is InChI=1S/C16H23NO2/c1-11-7-8-12(2)14(10-11)16(19)17-9-5-4-6-15(17)13(3)18/h7-8,10,13,15,18H,4-6,9H2,1-3H3/t13-,15-/m0/s1. The van der Waals surface area contributed by atoms with E-state index < -0.39 is 6.10 Å². The third-order valence-corrected chi connectivity index (χ3v) is 3.99. The number of benzene rings is 1. The Morgan fingerprint density at radius 1 is 1.37 bits per heavy atom. The topological polar surface area (TPSA) is 40.5 Å². The average molecular weight is 261 g/mol. The van der Waals surface area contributed by atoms with E-state index in [1.165, 1.54) is 0 Å². The van der Waals surface area contributed by atoms with Crippen molar-refractivity contribution in [2.75, 3.05) is 6.54 Å². The maximum absolute atomic E-state index is 12.7. The minimum absolute atomic E-state index is 0.0406. The molecule has 2 rings (SSSR count). The first kappa shape index (κ1) is 14.1. The summed E-state index contributed by atoms with van der Waals surface area (Å²) < 4.78 is 0. The zero-order chi connectivity index (χ0) is 14.0. The second kappa shape index (κ2) is 5.74. The molecule has 104 valence electrons. The molecule has 1 aliphatic heterocycles. The van der Waals surface area contributed by atoms with Crippen LogP contribution in [0.4, 0.5) is 0 Å². The van der Waals surface area contributed by atoms with Crippen molar-refractivity contribution in [2.45, 2.75) is 52.2 Å². The van der Waals surface area contributed by atoms with Crippen molar-refractivity contribution in [3.8, 4) is 0 Å². The average Bonchev–Trinajstić information content (AvgIpc) is 2.40. The van der Waals surface area contributed by atoms with Crippen LogP contribution in [0.2, 0.25) is 0 Å². The molecule has 1 aromatic carbocycles. The van der Waals surface area contributed by atoms with Gasteiger partial charge in [-0.25, -0.2) is 0 Å². The summed E-state index contributed by atoms with van der Waals surface area (Å²) in [6, 6.07) is 5.92. The number of nitrogens with zero attached hydrogens (tertiary/aromatic N) is 1. The highest BCUT2D eigenvalue weighted by Crippen LogP contribution is 2.23. The first-order valence-electron chi connectivity index (χ1n) is 7.07.